The molecule has 7 N–H and O–H groups in total. The lowest BCUT2D eigenvalue weighted by molar-refractivity contribution is -0.141. The van der Waals surface area contributed by atoms with Crippen molar-refractivity contribution < 1.29 is 24.3 Å². The van der Waals surface area contributed by atoms with E-state index in [0.717, 1.165) is 0 Å². The molecule has 174 valence electrons. The van der Waals surface area contributed by atoms with Crippen molar-refractivity contribution in [1.29, 1.82) is 0 Å². The fourth-order valence-corrected chi connectivity index (χ4v) is 3.21. The van der Waals surface area contributed by atoms with Crippen molar-refractivity contribution in [2.24, 2.45) is 11.7 Å². The van der Waals surface area contributed by atoms with Crippen molar-refractivity contribution in [2.75, 3.05) is 18.6 Å². The van der Waals surface area contributed by atoms with E-state index in [1.165, 1.54) is 18.1 Å². The predicted molar refractivity (Wildman–Crippen MR) is 117 cm³/mol. The highest BCUT2D eigenvalue weighted by Crippen LogP contribution is 2.06. The van der Waals surface area contributed by atoms with Gasteiger partial charge in [-0.25, -0.2) is 9.78 Å². The van der Waals surface area contributed by atoms with Gasteiger partial charge in [-0.2, -0.15) is 11.8 Å². The second-order valence-corrected chi connectivity index (χ2v) is 8.52. The third-order valence-corrected chi connectivity index (χ3v) is 4.98. The summed E-state index contributed by atoms with van der Waals surface area (Å²) in [6.07, 6.45) is 5.74. The number of rotatable bonds is 14. The van der Waals surface area contributed by atoms with Crippen LogP contribution in [-0.4, -0.2) is 75.4 Å². The van der Waals surface area contributed by atoms with Crippen LogP contribution in [0, 0.1) is 5.92 Å². The number of nitrogens with one attached hydrogen (secondary N) is 4. The number of amides is 3. The highest BCUT2D eigenvalue weighted by Gasteiger charge is 2.26. The van der Waals surface area contributed by atoms with Gasteiger partial charge in [0.15, 0.2) is 0 Å². The van der Waals surface area contributed by atoms with E-state index in [2.05, 4.69) is 25.9 Å². The number of carbonyl (C=O) groups is 4. The highest BCUT2D eigenvalue weighted by molar-refractivity contribution is 7.98. The third-order valence-electron chi connectivity index (χ3n) is 4.34. The largest absolute Gasteiger partial charge is 0.480 e. The van der Waals surface area contributed by atoms with E-state index in [0.29, 0.717) is 17.9 Å². The minimum atomic E-state index is -1.13. The van der Waals surface area contributed by atoms with Crippen LogP contribution in [0.3, 0.4) is 0 Å². The molecule has 0 spiro atoms. The molecule has 11 nitrogen and oxygen atoms in total. The molecule has 12 heteroatoms. The third kappa shape index (κ3) is 10.3. The smallest absolute Gasteiger partial charge is 0.326 e. The number of imidazole rings is 1. The van der Waals surface area contributed by atoms with Crippen LogP contribution in [0.5, 0.6) is 0 Å². The minimum Gasteiger partial charge on any atom is -0.480 e. The molecular formula is C19H32N6O5S. The average Bonchev–Trinajstić information content (AvgIpc) is 3.21. The molecule has 1 heterocycles. The number of carboxylic acids is 1. The van der Waals surface area contributed by atoms with Crippen molar-refractivity contribution in [1.82, 2.24) is 25.9 Å². The molecule has 0 aliphatic rings. The van der Waals surface area contributed by atoms with E-state index in [-0.39, 0.29) is 18.8 Å². The standard InChI is InChI=1S/C19H32N6O5S/c1-11(2)6-15(25-17(27)13(20)7-12-8-21-10-23-12)18(28)22-9-16(26)24-14(19(29)30)4-5-31-3/h8,10-11,13-15H,4-7,9,20H2,1-3H3,(H,21,23)(H,22,28)(H,24,26)(H,25,27)(H,29,30). The summed E-state index contributed by atoms with van der Waals surface area (Å²) in [7, 11) is 0. The number of aromatic amines is 1. The van der Waals surface area contributed by atoms with Crippen LogP contribution in [-0.2, 0) is 25.6 Å². The van der Waals surface area contributed by atoms with Gasteiger partial charge < -0.3 is 31.8 Å². The SMILES string of the molecule is CSCCC(NC(=O)CNC(=O)C(CC(C)C)NC(=O)C(N)Cc1cnc[nH]1)C(=O)O. The first-order chi connectivity index (χ1) is 14.6. The van der Waals surface area contributed by atoms with E-state index in [1.54, 1.807) is 6.20 Å². The molecule has 0 saturated carbocycles. The summed E-state index contributed by atoms with van der Waals surface area (Å²) in [6, 6.07) is -2.78. The highest BCUT2D eigenvalue weighted by atomic mass is 32.2. The fourth-order valence-electron chi connectivity index (χ4n) is 2.74. The van der Waals surface area contributed by atoms with Crippen LogP contribution in [0.2, 0.25) is 0 Å². The van der Waals surface area contributed by atoms with E-state index in [4.69, 9.17) is 5.73 Å². The Morgan fingerprint density at radius 2 is 1.90 bits per heavy atom. The predicted octanol–water partition coefficient (Wildman–Crippen LogP) is -0.751. The summed E-state index contributed by atoms with van der Waals surface area (Å²) in [5, 5.41) is 16.7. The Bertz CT molecular complexity index is 727. The summed E-state index contributed by atoms with van der Waals surface area (Å²) in [4.78, 5) is 55.0. The molecule has 0 saturated heterocycles. The molecule has 0 aromatic carbocycles. The molecule has 1 aromatic heterocycles. The monoisotopic (exact) mass is 456 g/mol. The number of carboxylic acid groups (broad SMARTS) is 1. The number of thioether (sulfide) groups is 1. The van der Waals surface area contributed by atoms with Gasteiger partial charge in [0.05, 0.1) is 18.9 Å². The Balaban J connectivity index is 2.61. The second kappa shape index (κ2) is 13.7. The van der Waals surface area contributed by atoms with Gasteiger partial charge in [0.1, 0.15) is 12.1 Å². The van der Waals surface area contributed by atoms with Crippen LogP contribution >= 0.6 is 11.8 Å². The van der Waals surface area contributed by atoms with Gasteiger partial charge in [0.2, 0.25) is 17.7 Å². The zero-order valence-electron chi connectivity index (χ0n) is 18.0. The summed E-state index contributed by atoms with van der Waals surface area (Å²) in [5.74, 6) is -2.12. The molecule has 3 atom stereocenters. The Morgan fingerprint density at radius 3 is 2.45 bits per heavy atom. The molecule has 0 aliphatic heterocycles. The number of aromatic nitrogens is 2. The Labute approximate surface area is 185 Å². The van der Waals surface area contributed by atoms with Gasteiger partial charge in [-0.05, 0) is 30.8 Å². The van der Waals surface area contributed by atoms with Crippen molar-refractivity contribution in [2.45, 2.75) is 51.2 Å². The first kappa shape index (κ1) is 26.4. The van der Waals surface area contributed by atoms with Gasteiger partial charge >= 0.3 is 5.97 Å². The maximum atomic E-state index is 12.6. The first-order valence-electron chi connectivity index (χ1n) is 9.96. The van der Waals surface area contributed by atoms with Crippen molar-refractivity contribution >= 4 is 35.5 Å². The number of nitrogens with two attached hydrogens (primary N) is 1. The number of hydrogen-bond acceptors (Lipinski definition) is 7. The first-order valence-corrected chi connectivity index (χ1v) is 11.3. The Morgan fingerprint density at radius 1 is 1.19 bits per heavy atom. The van der Waals surface area contributed by atoms with E-state index in [9.17, 15) is 24.3 Å². The molecule has 31 heavy (non-hydrogen) atoms. The topological polar surface area (TPSA) is 179 Å². The van der Waals surface area contributed by atoms with Crippen molar-refractivity contribution in [3.63, 3.8) is 0 Å². The van der Waals surface area contributed by atoms with Gasteiger partial charge in [-0.15, -0.1) is 0 Å². The van der Waals surface area contributed by atoms with Gasteiger partial charge in [-0.3, -0.25) is 14.4 Å². The summed E-state index contributed by atoms with van der Waals surface area (Å²) < 4.78 is 0. The summed E-state index contributed by atoms with van der Waals surface area (Å²) in [5.41, 5.74) is 6.61. The molecule has 0 fully saturated rings. The maximum Gasteiger partial charge on any atom is 0.326 e. The van der Waals surface area contributed by atoms with Gasteiger partial charge in [-0.1, -0.05) is 13.8 Å². The molecule has 3 amide bonds. The lowest BCUT2D eigenvalue weighted by Crippen LogP contribution is -2.54. The Hall–Kier alpha value is -2.60. The van der Waals surface area contributed by atoms with Crippen LogP contribution in [0.1, 0.15) is 32.4 Å². The molecule has 0 radical (unpaired) electrons. The number of nitrogens with zero attached hydrogens (tertiary/aromatic N) is 1. The maximum absolute atomic E-state index is 12.6. The quantitative estimate of drug-likeness (QED) is 0.211. The zero-order valence-corrected chi connectivity index (χ0v) is 18.8. The van der Waals surface area contributed by atoms with Crippen LogP contribution in [0.15, 0.2) is 12.5 Å². The molecular weight excluding hydrogens is 424 g/mol. The lowest BCUT2D eigenvalue weighted by Gasteiger charge is -2.22. The van der Waals surface area contributed by atoms with Gasteiger partial charge in [0.25, 0.3) is 0 Å². The molecule has 0 bridgehead atoms. The summed E-state index contributed by atoms with van der Waals surface area (Å²) >= 11 is 1.47. The molecule has 0 aliphatic carbocycles. The molecule has 1 aromatic rings. The zero-order chi connectivity index (χ0) is 23.4. The van der Waals surface area contributed by atoms with E-state index >= 15 is 0 Å². The normalized spacial score (nSPS) is 13.8. The fraction of sp³-hybridized carbons (Fsp3) is 0.632. The van der Waals surface area contributed by atoms with Crippen molar-refractivity contribution in [3.8, 4) is 0 Å². The average molecular weight is 457 g/mol. The minimum absolute atomic E-state index is 0.0941. The number of carbonyl (C=O) groups excluding carboxylic acids is 3. The molecule has 3 unspecified atom stereocenters. The van der Waals surface area contributed by atoms with E-state index in [1.807, 2.05) is 20.1 Å². The number of H-pyrrole nitrogens is 1. The number of aliphatic carboxylic acids is 1. The van der Waals surface area contributed by atoms with Crippen LogP contribution in [0.4, 0.5) is 0 Å². The van der Waals surface area contributed by atoms with Crippen LogP contribution in [0.25, 0.3) is 0 Å². The second-order valence-electron chi connectivity index (χ2n) is 7.54. The van der Waals surface area contributed by atoms with Gasteiger partial charge in [0, 0.05) is 18.3 Å². The summed E-state index contributed by atoms with van der Waals surface area (Å²) in [6.45, 7) is 3.40. The number of hydrogen-bond donors (Lipinski definition) is 6. The van der Waals surface area contributed by atoms with Crippen LogP contribution < -0.4 is 21.7 Å². The van der Waals surface area contributed by atoms with Crippen molar-refractivity contribution in [3.05, 3.63) is 18.2 Å². The Kier molecular flexibility index (Phi) is 11.6. The lowest BCUT2D eigenvalue weighted by atomic mass is 10.0. The molecule has 1 rings (SSSR count). The van der Waals surface area contributed by atoms with E-state index < -0.39 is 48.4 Å².